The van der Waals surface area contributed by atoms with Gasteiger partial charge in [-0.3, -0.25) is 0 Å². The molecule has 4 aromatic carbocycles. The van der Waals surface area contributed by atoms with E-state index in [4.69, 9.17) is 0 Å². The number of carbonyl (C=O) groups is 1. The van der Waals surface area contributed by atoms with Crippen molar-refractivity contribution in [2.45, 2.75) is 181 Å². The number of aliphatic carboxylic acids is 1. The van der Waals surface area contributed by atoms with Gasteiger partial charge in [0.15, 0.2) is 0 Å². The summed E-state index contributed by atoms with van der Waals surface area (Å²) in [6, 6.07) is 39.6. The molecular weight excluding hydrogens is 917 g/mol. The van der Waals surface area contributed by atoms with E-state index in [1.54, 1.807) is 22.9 Å². The van der Waals surface area contributed by atoms with Gasteiger partial charge in [-0.1, -0.05) is 190 Å². The molecular formula is C66H80N2O2S2. The maximum absolute atomic E-state index is 11.7. The van der Waals surface area contributed by atoms with Crippen LogP contribution >= 0.6 is 23.1 Å². The van der Waals surface area contributed by atoms with Crippen molar-refractivity contribution in [1.82, 2.24) is 0 Å². The van der Waals surface area contributed by atoms with Crippen LogP contribution in [0, 0.1) is 11.3 Å². The Morgan fingerprint density at radius 1 is 0.694 bits per heavy atom. The molecule has 2 aliphatic rings. The number of hydrogen-bond donors (Lipinski definition) is 1. The summed E-state index contributed by atoms with van der Waals surface area (Å²) in [6.45, 7) is 15.7. The number of thioether (sulfide) groups is 1. The Morgan fingerprint density at radius 2 is 1.31 bits per heavy atom. The third kappa shape index (κ3) is 11.9. The summed E-state index contributed by atoms with van der Waals surface area (Å²) in [4.78, 5) is 17.6. The number of carboxylic acid groups (broad SMARTS) is 1. The molecule has 0 bridgehead atoms. The Morgan fingerprint density at radius 3 is 1.93 bits per heavy atom. The van der Waals surface area contributed by atoms with Gasteiger partial charge in [-0.05, 0) is 146 Å². The van der Waals surface area contributed by atoms with Crippen LogP contribution in [0.15, 0.2) is 143 Å². The third-order valence-corrected chi connectivity index (χ3v) is 18.2. The predicted octanol–water partition coefficient (Wildman–Crippen LogP) is 19.7. The monoisotopic (exact) mass is 997 g/mol. The van der Waals surface area contributed by atoms with E-state index in [0.717, 1.165) is 48.4 Å². The van der Waals surface area contributed by atoms with Crippen LogP contribution in [0.1, 0.15) is 184 Å². The second-order valence-electron chi connectivity index (χ2n) is 20.3. The first kappa shape index (κ1) is 54.4. The number of carboxylic acids is 1. The number of fused-ring (bicyclic) bond motifs is 4. The first-order chi connectivity index (χ1) is 35.1. The average molecular weight is 998 g/mol. The number of benzene rings is 4. The number of thiophene rings is 1. The van der Waals surface area contributed by atoms with Crippen LogP contribution in [0.5, 0.6) is 0 Å². The van der Waals surface area contributed by atoms with Gasteiger partial charge in [-0.2, -0.15) is 5.26 Å². The third-order valence-electron chi connectivity index (χ3n) is 15.6. The quantitative estimate of drug-likeness (QED) is 0.0246. The van der Waals surface area contributed by atoms with Gasteiger partial charge in [0.2, 0.25) is 0 Å². The summed E-state index contributed by atoms with van der Waals surface area (Å²) in [5.41, 5.74) is 16.3. The largest absolute Gasteiger partial charge is 0.477 e. The molecule has 0 radical (unpaired) electrons. The van der Waals surface area contributed by atoms with Gasteiger partial charge in [0.05, 0.1) is 0 Å². The van der Waals surface area contributed by atoms with Crippen molar-refractivity contribution in [3.63, 3.8) is 0 Å². The Hall–Kier alpha value is -5.35. The molecule has 2 aliphatic carbocycles. The van der Waals surface area contributed by atoms with Crippen molar-refractivity contribution in [2.24, 2.45) is 0 Å². The number of anilines is 2. The average Bonchev–Trinajstić information content (AvgIpc) is 4.05. The zero-order valence-corrected chi connectivity index (χ0v) is 46.2. The van der Waals surface area contributed by atoms with E-state index < -0.39 is 5.97 Å². The molecule has 6 heteroatoms. The van der Waals surface area contributed by atoms with Gasteiger partial charge in [-0.15, -0.1) is 23.1 Å². The van der Waals surface area contributed by atoms with Crippen LogP contribution in [-0.2, 0) is 34.2 Å². The fraction of sp³-hybridized carbons (Fsp3) is 0.424. The number of nitriles is 1. The summed E-state index contributed by atoms with van der Waals surface area (Å²) < 4.78 is 0. The summed E-state index contributed by atoms with van der Waals surface area (Å²) >= 11 is 3.45. The van der Waals surface area contributed by atoms with Crippen molar-refractivity contribution in [3.8, 4) is 27.6 Å². The van der Waals surface area contributed by atoms with E-state index in [0.29, 0.717) is 0 Å². The molecule has 1 heterocycles. The molecule has 1 aromatic heterocycles. The first-order valence-electron chi connectivity index (χ1n) is 27.5. The molecule has 0 aliphatic heterocycles. The zero-order chi connectivity index (χ0) is 51.1. The Balaban J connectivity index is 1.35. The smallest absolute Gasteiger partial charge is 0.346 e. The van der Waals surface area contributed by atoms with E-state index in [9.17, 15) is 15.2 Å². The summed E-state index contributed by atoms with van der Waals surface area (Å²) in [5.74, 6) is -0.479. The second kappa shape index (κ2) is 26.0. The second-order valence-corrected chi connectivity index (χ2v) is 22.5. The van der Waals surface area contributed by atoms with Crippen LogP contribution in [0.4, 0.5) is 11.4 Å². The number of unbranched alkanes of at least 4 members (excludes halogenated alkanes) is 7. The standard InChI is InChI=1S/C66H80N2O2S2/c1-8-15-20-21-27-50-43-62(72-63(50)47-71-56(14-7)42-51(46-67)64(69)70)48-31-33-54(34-32-48)68(53(13-6)44-52-41-49-26-22-24-29-59(49)65(52,37-16-9-2)38-17-10-3)55-35-36-58-57-28-23-25-30-60(57)66(39-18-11-4,40-19-12-5)61(58)45-55/h13-14,22-26,28-36,42-45H,8-12,15-21,27,37-41,47H2,1-7H3,(H,69,70)/b51-42+,52-44+,53-13+,56-14-. The maximum Gasteiger partial charge on any atom is 0.346 e. The summed E-state index contributed by atoms with van der Waals surface area (Å²) in [7, 11) is 0. The molecule has 0 saturated heterocycles. The van der Waals surface area contributed by atoms with Crippen LogP contribution in [0.2, 0.25) is 0 Å². The van der Waals surface area contributed by atoms with Gasteiger partial charge >= 0.3 is 5.97 Å². The fourth-order valence-electron chi connectivity index (χ4n) is 11.8. The van der Waals surface area contributed by atoms with Gasteiger partial charge < -0.3 is 10.0 Å². The molecule has 1 N–H and O–H groups in total. The molecule has 4 nitrogen and oxygen atoms in total. The lowest BCUT2D eigenvalue weighted by Crippen LogP contribution is -2.27. The van der Waals surface area contributed by atoms with Crippen molar-refractivity contribution in [3.05, 3.63) is 176 Å². The minimum Gasteiger partial charge on any atom is -0.477 e. The molecule has 0 spiro atoms. The highest BCUT2D eigenvalue weighted by molar-refractivity contribution is 8.02. The van der Waals surface area contributed by atoms with Crippen molar-refractivity contribution in [2.75, 3.05) is 4.90 Å². The van der Waals surface area contributed by atoms with Crippen LogP contribution < -0.4 is 4.90 Å². The highest BCUT2D eigenvalue weighted by atomic mass is 32.2. The molecule has 0 unspecified atom stereocenters. The number of nitrogens with zero attached hydrogens (tertiary/aromatic N) is 2. The van der Waals surface area contributed by atoms with Crippen LogP contribution in [-0.4, -0.2) is 11.1 Å². The molecule has 0 atom stereocenters. The lowest BCUT2D eigenvalue weighted by molar-refractivity contribution is -0.132. The zero-order valence-electron chi connectivity index (χ0n) is 44.5. The molecule has 7 rings (SSSR count). The highest BCUT2D eigenvalue weighted by Gasteiger charge is 2.44. The molecule has 0 fully saturated rings. The van der Waals surface area contributed by atoms with E-state index in [-0.39, 0.29) is 16.4 Å². The number of allylic oxidation sites excluding steroid dienone is 5. The lowest BCUT2D eigenvalue weighted by Gasteiger charge is -2.35. The predicted molar refractivity (Wildman–Crippen MR) is 311 cm³/mol. The van der Waals surface area contributed by atoms with Gasteiger partial charge in [0, 0.05) is 48.3 Å². The molecule has 378 valence electrons. The van der Waals surface area contributed by atoms with Crippen molar-refractivity contribution >= 4 is 40.4 Å². The van der Waals surface area contributed by atoms with E-state index >= 15 is 0 Å². The molecule has 5 aromatic rings. The molecule has 0 saturated carbocycles. The first-order valence-corrected chi connectivity index (χ1v) is 29.3. The van der Waals surface area contributed by atoms with Crippen LogP contribution in [0.3, 0.4) is 0 Å². The fourth-order valence-corrected chi connectivity index (χ4v) is 14.0. The Labute approximate surface area is 442 Å². The number of hydrogen-bond acceptors (Lipinski definition) is 5. The maximum atomic E-state index is 11.7. The van der Waals surface area contributed by atoms with Gasteiger partial charge in [0.25, 0.3) is 0 Å². The normalized spacial score (nSPS) is 15.4. The number of aryl methyl sites for hydroxylation is 1. The van der Waals surface area contributed by atoms with Gasteiger partial charge in [-0.25, -0.2) is 4.79 Å². The lowest BCUT2D eigenvalue weighted by atomic mass is 9.70. The minimum atomic E-state index is -1.20. The van der Waals surface area contributed by atoms with Crippen LogP contribution in [0.25, 0.3) is 21.6 Å². The van der Waals surface area contributed by atoms with E-state index in [1.165, 1.54) is 150 Å². The Bertz CT molecular complexity index is 2780. The van der Waals surface area contributed by atoms with E-state index in [1.807, 2.05) is 30.4 Å². The SMILES string of the molecule is C/C=C(/C=C(\C#N)C(=O)O)SCc1sc(-c2ccc(N(C(=C/C)/C=C3\Cc4ccccc4C3(CCCC)CCCC)c3ccc4c(c3)C(CCCC)(CCCC)c3ccccc3-4)cc2)cc1CCCCCC. The summed E-state index contributed by atoms with van der Waals surface area (Å²) in [5, 5.41) is 19.1. The number of rotatable bonds is 27. The summed E-state index contributed by atoms with van der Waals surface area (Å²) in [6.07, 6.45) is 29.3. The molecule has 0 amide bonds. The minimum absolute atomic E-state index is 0.0170. The topological polar surface area (TPSA) is 64.3 Å². The van der Waals surface area contributed by atoms with Crippen molar-refractivity contribution in [1.29, 1.82) is 5.26 Å². The van der Waals surface area contributed by atoms with Gasteiger partial charge in [0.1, 0.15) is 11.6 Å². The molecule has 72 heavy (non-hydrogen) atoms. The van der Waals surface area contributed by atoms with E-state index in [2.05, 4.69) is 156 Å². The highest BCUT2D eigenvalue weighted by Crippen LogP contribution is 2.56. The van der Waals surface area contributed by atoms with Crippen molar-refractivity contribution < 1.29 is 9.90 Å². The Kier molecular flexibility index (Phi) is 19.7.